The highest BCUT2D eigenvalue weighted by Crippen LogP contribution is 2.22. The summed E-state index contributed by atoms with van der Waals surface area (Å²) < 4.78 is 12.8. The van der Waals surface area contributed by atoms with E-state index < -0.39 is 11.8 Å². The molecule has 0 radical (unpaired) electrons. The zero-order chi connectivity index (χ0) is 16.9. The Morgan fingerprint density at radius 1 is 0.917 bits per heavy atom. The van der Waals surface area contributed by atoms with Gasteiger partial charge in [-0.05, 0) is 29.8 Å². The molecule has 2 amide bonds. The molecule has 4 nitrogen and oxygen atoms in total. The van der Waals surface area contributed by atoms with Gasteiger partial charge in [0, 0.05) is 0 Å². The van der Waals surface area contributed by atoms with E-state index in [2.05, 4.69) is 0 Å². The quantitative estimate of drug-likeness (QED) is 0.623. The number of fused-ring (bicyclic) bond motifs is 1. The fourth-order valence-corrected chi connectivity index (χ4v) is 2.28. The molecule has 0 atom stereocenters. The van der Waals surface area contributed by atoms with Crippen molar-refractivity contribution in [1.82, 2.24) is 5.06 Å². The summed E-state index contributed by atoms with van der Waals surface area (Å²) in [4.78, 5) is 29.3. The predicted octanol–water partition coefficient (Wildman–Crippen LogP) is 3.62. The standard InChI is InChI=1S/C19H14FNO3/c20-15-11-9-14(10-12-15)6-2-1-5-13-24-21-18(22)16-7-3-4-8-17(16)19(21)23/h1-12H,13H2/b5-1+,6-2+. The minimum absolute atomic E-state index is 0.0826. The van der Waals surface area contributed by atoms with Crippen LogP contribution in [-0.4, -0.2) is 23.5 Å². The highest BCUT2D eigenvalue weighted by Gasteiger charge is 2.36. The van der Waals surface area contributed by atoms with Gasteiger partial charge >= 0.3 is 0 Å². The third kappa shape index (κ3) is 3.31. The first-order valence-electron chi connectivity index (χ1n) is 7.36. The minimum Gasteiger partial charge on any atom is -0.266 e. The Morgan fingerprint density at radius 3 is 2.17 bits per heavy atom. The Kier molecular flexibility index (Phi) is 4.63. The topological polar surface area (TPSA) is 46.6 Å². The number of nitrogens with zero attached hydrogens (tertiary/aromatic N) is 1. The van der Waals surface area contributed by atoms with Gasteiger partial charge < -0.3 is 0 Å². The van der Waals surface area contributed by atoms with Gasteiger partial charge in [0.15, 0.2) is 0 Å². The molecule has 1 heterocycles. The van der Waals surface area contributed by atoms with Gasteiger partial charge in [-0.1, -0.05) is 48.6 Å². The molecule has 0 bridgehead atoms. The van der Waals surface area contributed by atoms with Gasteiger partial charge in [0.2, 0.25) is 0 Å². The van der Waals surface area contributed by atoms with Crippen molar-refractivity contribution in [1.29, 1.82) is 0 Å². The van der Waals surface area contributed by atoms with Crippen molar-refractivity contribution < 1.29 is 18.8 Å². The van der Waals surface area contributed by atoms with Gasteiger partial charge in [0.1, 0.15) is 5.82 Å². The second kappa shape index (κ2) is 7.02. The van der Waals surface area contributed by atoms with Gasteiger partial charge in [0.25, 0.3) is 11.8 Å². The van der Waals surface area contributed by atoms with E-state index in [1.54, 1.807) is 60.7 Å². The average Bonchev–Trinajstić information content (AvgIpc) is 2.84. The van der Waals surface area contributed by atoms with Crippen LogP contribution < -0.4 is 0 Å². The van der Waals surface area contributed by atoms with Crippen molar-refractivity contribution in [3.63, 3.8) is 0 Å². The molecule has 2 aromatic carbocycles. The summed E-state index contributed by atoms with van der Waals surface area (Å²) in [6, 6.07) is 12.7. The fraction of sp³-hybridized carbons (Fsp3) is 0.0526. The Labute approximate surface area is 138 Å². The van der Waals surface area contributed by atoms with Gasteiger partial charge in [-0.3, -0.25) is 14.4 Å². The van der Waals surface area contributed by atoms with Crippen LogP contribution in [0.15, 0.2) is 66.8 Å². The molecule has 0 unspecified atom stereocenters. The third-order valence-corrected chi connectivity index (χ3v) is 3.46. The molecule has 2 aromatic rings. The molecule has 0 spiro atoms. The largest absolute Gasteiger partial charge is 0.285 e. The molecule has 0 aromatic heterocycles. The molecule has 0 aliphatic carbocycles. The Balaban J connectivity index is 1.53. The lowest BCUT2D eigenvalue weighted by atomic mass is 10.1. The van der Waals surface area contributed by atoms with Gasteiger partial charge in [-0.15, -0.1) is 5.06 Å². The van der Waals surface area contributed by atoms with Crippen molar-refractivity contribution >= 4 is 17.9 Å². The minimum atomic E-state index is -0.453. The fourth-order valence-electron chi connectivity index (χ4n) is 2.28. The summed E-state index contributed by atoms with van der Waals surface area (Å²) in [6.07, 6.45) is 6.96. The summed E-state index contributed by atoms with van der Waals surface area (Å²) in [6.45, 7) is 0.0826. The van der Waals surface area contributed by atoms with Crippen LogP contribution >= 0.6 is 0 Å². The summed E-state index contributed by atoms with van der Waals surface area (Å²) in [7, 11) is 0. The third-order valence-electron chi connectivity index (χ3n) is 3.46. The van der Waals surface area contributed by atoms with Crippen LogP contribution in [0.1, 0.15) is 26.3 Å². The summed E-state index contributed by atoms with van der Waals surface area (Å²) in [5, 5.41) is 0.776. The van der Waals surface area contributed by atoms with Crippen LogP contribution in [0.3, 0.4) is 0 Å². The van der Waals surface area contributed by atoms with Crippen LogP contribution in [0.25, 0.3) is 6.08 Å². The number of rotatable bonds is 5. The first-order valence-corrected chi connectivity index (χ1v) is 7.36. The SMILES string of the molecule is O=C1c2ccccc2C(=O)N1OC/C=C/C=C/c1ccc(F)cc1. The molecule has 0 fully saturated rings. The number of hydrogen-bond acceptors (Lipinski definition) is 3. The maximum atomic E-state index is 12.8. The van der Waals surface area contributed by atoms with Gasteiger partial charge in [-0.25, -0.2) is 4.39 Å². The van der Waals surface area contributed by atoms with E-state index in [0.29, 0.717) is 11.1 Å². The number of benzene rings is 2. The molecular weight excluding hydrogens is 309 g/mol. The first-order chi connectivity index (χ1) is 11.7. The Hall–Kier alpha value is -3.05. The van der Waals surface area contributed by atoms with Gasteiger partial charge in [0.05, 0.1) is 17.7 Å². The van der Waals surface area contributed by atoms with Crippen molar-refractivity contribution in [2.45, 2.75) is 0 Å². The first kappa shape index (κ1) is 15.8. The molecule has 1 aliphatic heterocycles. The normalized spacial score (nSPS) is 14.1. The highest BCUT2D eigenvalue weighted by molar-refractivity contribution is 6.20. The second-order valence-electron chi connectivity index (χ2n) is 5.08. The molecule has 5 heteroatoms. The number of amides is 2. The van der Waals surface area contributed by atoms with Crippen LogP contribution in [0.2, 0.25) is 0 Å². The van der Waals surface area contributed by atoms with E-state index >= 15 is 0 Å². The molecule has 24 heavy (non-hydrogen) atoms. The van der Waals surface area contributed by atoms with E-state index in [1.807, 2.05) is 0 Å². The average molecular weight is 323 g/mol. The Bertz CT molecular complexity index is 790. The molecule has 1 aliphatic rings. The number of hydrogen-bond donors (Lipinski definition) is 0. The highest BCUT2D eigenvalue weighted by atomic mass is 19.1. The summed E-state index contributed by atoms with van der Waals surface area (Å²) >= 11 is 0. The predicted molar refractivity (Wildman–Crippen MR) is 87.5 cm³/mol. The number of carbonyl (C=O) groups excluding carboxylic acids is 2. The van der Waals surface area contributed by atoms with Crippen LogP contribution in [-0.2, 0) is 4.84 Å². The number of halogens is 1. The maximum Gasteiger partial charge on any atom is 0.285 e. The van der Waals surface area contributed by atoms with E-state index in [1.165, 1.54) is 12.1 Å². The molecule has 3 rings (SSSR count). The number of allylic oxidation sites excluding steroid dienone is 2. The zero-order valence-electron chi connectivity index (χ0n) is 12.7. The van der Waals surface area contributed by atoms with E-state index in [9.17, 15) is 14.0 Å². The van der Waals surface area contributed by atoms with Crippen LogP contribution in [0, 0.1) is 5.82 Å². The van der Waals surface area contributed by atoms with E-state index in [-0.39, 0.29) is 12.4 Å². The van der Waals surface area contributed by atoms with Crippen LogP contribution in [0.4, 0.5) is 4.39 Å². The van der Waals surface area contributed by atoms with Gasteiger partial charge in [-0.2, -0.15) is 0 Å². The smallest absolute Gasteiger partial charge is 0.266 e. The number of carbonyl (C=O) groups is 2. The molecule has 0 saturated heterocycles. The Morgan fingerprint density at radius 2 is 1.54 bits per heavy atom. The summed E-state index contributed by atoms with van der Waals surface area (Å²) in [5.41, 5.74) is 1.56. The molecule has 0 N–H and O–H groups in total. The second-order valence-corrected chi connectivity index (χ2v) is 5.08. The molecular formula is C19H14FNO3. The van der Waals surface area contributed by atoms with Crippen molar-refractivity contribution in [2.75, 3.05) is 6.61 Å². The molecule has 0 saturated carbocycles. The van der Waals surface area contributed by atoms with Crippen molar-refractivity contribution in [2.24, 2.45) is 0 Å². The number of hydroxylamine groups is 2. The van der Waals surface area contributed by atoms with E-state index in [0.717, 1.165) is 10.6 Å². The summed E-state index contributed by atoms with van der Waals surface area (Å²) in [5.74, 6) is -1.19. The lowest BCUT2D eigenvalue weighted by Crippen LogP contribution is -2.29. The van der Waals surface area contributed by atoms with Crippen LogP contribution in [0.5, 0.6) is 0 Å². The maximum absolute atomic E-state index is 12.8. The number of imide groups is 1. The van der Waals surface area contributed by atoms with Crippen molar-refractivity contribution in [3.05, 3.63) is 89.3 Å². The monoisotopic (exact) mass is 323 g/mol. The zero-order valence-corrected chi connectivity index (χ0v) is 12.7. The molecule has 120 valence electrons. The lowest BCUT2D eigenvalue weighted by Gasteiger charge is -2.11. The van der Waals surface area contributed by atoms with E-state index in [4.69, 9.17) is 4.84 Å². The lowest BCUT2D eigenvalue weighted by molar-refractivity contribution is -0.0801. The van der Waals surface area contributed by atoms with Crippen molar-refractivity contribution in [3.8, 4) is 0 Å².